The third-order valence-corrected chi connectivity index (χ3v) is 1.45. The largest absolute Gasteiger partial charge is 0.478 e. The van der Waals surface area contributed by atoms with Crippen LogP contribution >= 0.6 is 0 Å². The molecule has 6 heteroatoms. The van der Waals surface area contributed by atoms with Crippen molar-refractivity contribution in [1.29, 1.82) is 0 Å². The van der Waals surface area contributed by atoms with Gasteiger partial charge in [0.2, 0.25) is 5.65 Å². The number of nitrogens with one attached hydrogen (secondary N) is 1. The van der Waals surface area contributed by atoms with Crippen LogP contribution in [0.2, 0.25) is 0 Å². The maximum Gasteiger partial charge on any atom is 0.338 e. The van der Waals surface area contributed by atoms with E-state index >= 15 is 0 Å². The molecule has 0 atom stereocenters. The predicted molar refractivity (Wildman–Crippen MR) is 38.6 cm³/mol. The maximum atomic E-state index is 10.6. The van der Waals surface area contributed by atoms with Crippen LogP contribution in [0.25, 0.3) is 11.2 Å². The lowest BCUT2D eigenvalue weighted by atomic mass is 10.2. The Bertz CT molecular complexity index is 436. The molecular weight excluding hydrogens is 160 g/mol. The summed E-state index contributed by atoms with van der Waals surface area (Å²) < 4.78 is 0. The van der Waals surface area contributed by atoms with Crippen LogP contribution in [-0.2, 0) is 0 Å². The van der Waals surface area contributed by atoms with Crippen molar-refractivity contribution in [2.24, 2.45) is 0 Å². The van der Waals surface area contributed by atoms with Crippen LogP contribution in [0.3, 0.4) is 0 Å². The molecule has 0 radical (unpaired) electrons. The third kappa shape index (κ3) is 0.815. The average molecular weight is 164 g/mol. The summed E-state index contributed by atoms with van der Waals surface area (Å²) in [5, 5.41) is 18.3. The molecule has 12 heavy (non-hydrogen) atoms. The molecule has 2 aromatic heterocycles. The van der Waals surface area contributed by atoms with Gasteiger partial charge in [0.25, 0.3) is 0 Å². The van der Waals surface area contributed by atoms with Gasteiger partial charge in [-0.25, -0.2) is 9.78 Å². The fraction of sp³-hybridized carbons (Fsp3) is 0. The van der Waals surface area contributed by atoms with Gasteiger partial charge in [0.15, 0.2) is 0 Å². The Balaban J connectivity index is 2.82. The first-order chi connectivity index (χ1) is 5.79. The first-order valence-corrected chi connectivity index (χ1v) is 3.18. The van der Waals surface area contributed by atoms with Gasteiger partial charge in [-0.15, -0.1) is 5.10 Å². The van der Waals surface area contributed by atoms with E-state index in [0.29, 0.717) is 5.65 Å². The van der Waals surface area contributed by atoms with E-state index in [2.05, 4.69) is 20.4 Å². The standard InChI is InChI=1S/C6H4N4O2/c11-6(12)3-1-2-7-5-4(3)8-10-9-5/h1-2H,(H,11,12)(H,7,8,9,10). The predicted octanol–water partition coefficient (Wildman–Crippen LogP) is 0.0511. The molecule has 2 N–H and O–H groups in total. The number of H-pyrrole nitrogens is 1. The van der Waals surface area contributed by atoms with Gasteiger partial charge in [0.05, 0.1) is 5.56 Å². The molecule has 0 aliphatic rings. The summed E-state index contributed by atoms with van der Waals surface area (Å²) in [5.74, 6) is -1.03. The first-order valence-electron chi connectivity index (χ1n) is 3.18. The third-order valence-electron chi connectivity index (χ3n) is 1.45. The van der Waals surface area contributed by atoms with Gasteiger partial charge in [-0.05, 0) is 6.07 Å². The molecule has 0 spiro atoms. The highest BCUT2D eigenvalue weighted by molar-refractivity contribution is 5.99. The van der Waals surface area contributed by atoms with Crippen molar-refractivity contribution in [2.45, 2.75) is 0 Å². The summed E-state index contributed by atoms with van der Waals surface area (Å²) in [6.45, 7) is 0. The fourth-order valence-corrected chi connectivity index (χ4v) is 0.930. The van der Waals surface area contributed by atoms with Crippen LogP contribution in [0.1, 0.15) is 10.4 Å². The van der Waals surface area contributed by atoms with Crippen LogP contribution < -0.4 is 0 Å². The number of carboxylic acid groups (broad SMARTS) is 1. The van der Waals surface area contributed by atoms with Gasteiger partial charge in [0.1, 0.15) is 5.52 Å². The highest BCUT2D eigenvalue weighted by Crippen LogP contribution is 2.09. The number of aromatic nitrogens is 4. The van der Waals surface area contributed by atoms with Gasteiger partial charge < -0.3 is 5.11 Å². The molecular formula is C6H4N4O2. The van der Waals surface area contributed by atoms with Gasteiger partial charge in [-0.2, -0.15) is 10.3 Å². The Morgan fingerprint density at radius 2 is 2.33 bits per heavy atom. The number of rotatable bonds is 1. The molecule has 0 fully saturated rings. The molecule has 0 saturated heterocycles. The van der Waals surface area contributed by atoms with Gasteiger partial charge in [-0.3, -0.25) is 0 Å². The molecule has 0 amide bonds. The molecule has 2 aromatic rings. The number of carboxylic acids is 1. The molecule has 0 aromatic carbocycles. The number of aromatic carboxylic acids is 1. The summed E-state index contributed by atoms with van der Waals surface area (Å²) >= 11 is 0. The molecule has 60 valence electrons. The monoisotopic (exact) mass is 164 g/mol. The van der Waals surface area contributed by atoms with Crippen LogP contribution in [-0.4, -0.2) is 31.5 Å². The quantitative estimate of drug-likeness (QED) is 0.621. The molecule has 0 bridgehead atoms. The van der Waals surface area contributed by atoms with E-state index in [4.69, 9.17) is 5.11 Å². The molecule has 0 unspecified atom stereocenters. The van der Waals surface area contributed by atoms with Crippen LogP contribution in [0, 0.1) is 0 Å². The summed E-state index contributed by atoms with van der Waals surface area (Å²) in [6, 6.07) is 1.38. The Labute approximate surface area is 66.2 Å². The SMILES string of the molecule is O=C(O)c1ccnc2n[nH]nc12. The minimum atomic E-state index is -1.03. The number of hydrogen-bond acceptors (Lipinski definition) is 4. The van der Waals surface area contributed by atoms with E-state index in [9.17, 15) is 4.79 Å². The Kier molecular flexibility index (Phi) is 1.26. The second kappa shape index (κ2) is 2.26. The highest BCUT2D eigenvalue weighted by atomic mass is 16.4. The van der Waals surface area contributed by atoms with Gasteiger partial charge in [0, 0.05) is 6.20 Å². The molecule has 6 nitrogen and oxygen atoms in total. The zero-order chi connectivity index (χ0) is 8.55. The topological polar surface area (TPSA) is 91.8 Å². The molecule has 0 saturated carbocycles. The van der Waals surface area contributed by atoms with Crippen molar-refractivity contribution >= 4 is 17.1 Å². The Morgan fingerprint density at radius 1 is 1.50 bits per heavy atom. The van der Waals surface area contributed by atoms with Crippen LogP contribution in [0.4, 0.5) is 0 Å². The van der Waals surface area contributed by atoms with Gasteiger partial charge >= 0.3 is 5.97 Å². The second-order valence-electron chi connectivity index (χ2n) is 2.16. The Morgan fingerprint density at radius 3 is 3.08 bits per heavy atom. The fourth-order valence-electron chi connectivity index (χ4n) is 0.930. The van der Waals surface area contributed by atoms with Crippen LogP contribution in [0.15, 0.2) is 12.3 Å². The lowest BCUT2D eigenvalue weighted by molar-refractivity contribution is 0.0698. The van der Waals surface area contributed by atoms with Crippen molar-refractivity contribution in [3.8, 4) is 0 Å². The van der Waals surface area contributed by atoms with E-state index in [1.54, 1.807) is 0 Å². The summed E-state index contributed by atoms with van der Waals surface area (Å²) in [4.78, 5) is 14.4. The maximum absolute atomic E-state index is 10.6. The summed E-state index contributed by atoms with van der Waals surface area (Å²) in [5.41, 5.74) is 0.702. The molecule has 0 aliphatic carbocycles. The van der Waals surface area contributed by atoms with Crippen molar-refractivity contribution in [3.63, 3.8) is 0 Å². The van der Waals surface area contributed by atoms with E-state index in [1.165, 1.54) is 12.3 Å². The molecule has 2 heterocycles. The van der Waals surface area contributed by atoms with E-state index in [0.717, 1.165) is 0 Å². The lowest BCUT2D eigenvalue weighted by Gasteiger charge is -1.91. The van der Waals surface area contributed by atoms with Crippen molar-refractivity contribution in [3.05, 3.63) is 17.8 Å². The minimum absolute atomic E-state index is 0.105. The summed E-state index contributed by atoms with van der Waals surface area (Å²) in [6.07, 6.45) is 1.38. The number of nitrogens with zero attached hydrogens (tertiary/aromatic N) is 3. The van der Waals surface area contributed by atoms with E-state index in [1.807, 2.05) is 0 Å². The van der Waals surface area contributed by atoms with Crippen molar-refractivity contribution < 1.29 is 9.90 Å². The zero-order valence-corrected chi connectivity index (χ0v) is 5.85. The van der Waals surface area contributed by atoms with Crippen molar-refractivity contribution in [1.82, 2.24) is 20.4 Å². The Hall–Kier alpha value is -1.98. The second-order valence-corrected chi connectivity index (χ2v) is 2.16. The average Bonchev–Trinajstić information content (AvgIpc) is 2.49. The lowest BCUT2D eigenvalue weighted by Crippen LogP contribution is -1.97. The normalized spacial score (nSPS) is 10.3. The van der Waals surface area contributed by atoms with Crippen molar-refractivity contribution in [2.75, 3.05) is 0 Å². The smallest absolute Gasteiger partial charge is 0.338 e. The summed E-state index contributed by atoms with van der Waals surface area (Å²) in [7, 11) is 0. The number of pyridine rings is 1. The number of carbonyl (C=O) groups is 1. The zero-order valence-electron chi connectivity index (χ0n) is 5.85. The number of fused-ring (bicyclic) bond motifs is 1. The van der Waals surface area contributed by atoms with Crippen LogP contribution in [0.5, 0.6) is 0 Å². The molecule has 0 aliphatic heterocycles. The van der Waals surface area contributed by atoms with Gasteiger partial charge in [-0.1, -0.05) is 0 Å². The van der Waals surface area contributed by atoms with E-state index in [-0.39, 0.29) is 11.1 Å². The highest BCUT2D eigenvalue weighted by Gasteiger charge is 2.10. The number of hydrogen-bond donors (Lipinski definition) is 2. The minimum Gasteiger partial charge on any atom is -0.478 e. The molecule has 2 rings (SSSR count). The first kappa shape index (κ1) is 6.71. The van der Waals surface area contributed by atoms with E-state index < -0.39 is 5.97 Å². The number of aromatic amines is 1.